The summed E-state index contributed by atoms with van der Waals surface area (Å²) in [4.78, 5) is 0. The Bertz CT molecular complexity index is 4810. The predicted octanol–water partition coefficient (Wildman–Crippen LogP) is 26.3. The highest BCUT2D eigenvalue weighted by molar-refractivity contribution is 6.14. The molecule has 0 unspecified atom stereocenters. The van der Waals surface area contributed by atoms with Gasteiger partial charge in [0.05, 0.1) is 89.1 Å². The fourth-order valence-corrected chi connectivity index (χ4v) is 12.1. The van der Waals surface area contributed by atoms with Gasteiger partial charge in [-0.2, -0.15) is 137 Å². The average molecular weight is 1490 g/mol. The van der Waals surface area contributed by atoms with Crippen LogP contribution in [0.2, 0.25) is 0 Å². The second kappa shape index (κ2) is 24.1. The number of rotatable bonds is 7. The Hall–Kier alpha value is -10.8. The number of hydrogen-bond donors (Lipinski definition) is 0. The third kappa shape index (κ3) is 13.9. The molecule has 0 bridgehead atoms. The number of hydrogen-bond acceptors (Lipinski definition) is 1. The van der Waals surface area contributed by atoms with Gasteiger partial charge in [-0.15, -0.1) is 0 Å². The van der Waals surface area contributed by atoms with Crippen LogP contribution in [0.1, 0.15) is 61.2 Å². The summed E-state index contributed by atoms with van der Waals surface area (Å²) in [5.41, 5.74) is -30.9. The number of nitriles is 1. The molecule has 2 heterocycles. The molecule has 0 atom stereocenters. The van der Waals surface area contributed by atoms with Crippen LogP contribution in [0.3, 0.4) is 0 Å². The van der Waals surface area contributed by atoms with Crippen LogP contribution in [-0.4, -0.2) is 9.13 Å². The maximum absolute atomic E-state index is 14.9. The van der Waals surface area contributed by atoms with Crippen LogP contribution in [0.15, 0.2) is 176 Å². The summed E-state index contributed by atoms with van der Waals surface area (Å²) in [6.45, 7) is 0. The molecule has 0 spiro atoms. The van der Waals surface area contributed by atoms with Gasteiger partial charge in [0.15, 0.2) is 0 Å². The fraction of sp³-hybridized carbons (Fsp3) is 0.141. The third-order valence-electron chi connectivity index (χ3n) is 16.8. The van der Waals surface area contributed by atoms with Gasteiger partial charge in [0.25, 0.3) is 0 Å². The van der Waals surface area contributed by atoms with Crippen molar-refractivity contribution in [2.24, 2.45) is 0 Å². The molecule has 0 amide bonds. The van der Waals surface area contributed by atoms with Gasteiger partial charge < -0.3 is 9.13 Å². The van der Waals surface area contributed by atoms with Gasteiger partial charge in [-0.05, 0) is 207 Å². The van der Waals surface area contributed by atoms with Crippen molar-refractivity contribution in [3.05, 3.63) is 237 Å². The topological polar surface area (TPSA) is 33.6 Å². The Morgan fingerprint density at radius 3 is 0.500 bits per heavy atom. The maximum Gasteiger partial charge on any atom is 0.416 e. The van der Waals surface area contributed by atoms with E-state index in [0.717, 1.165) is 94.1 Å². The highest BCUT2D eigenvalue weighted by Crippen LogP contribution is 2.50. The quantitative estimate of drug-likeness (QED) is 0.146. The van der Waals surface area contributed by atoms with Gasteiger partial charge in [-0.25, -0.2) is 0 Å². The lowest BCUT2D eigenvalue weighted by Gasteiger charge is -2.20. The first kappa shape index (κ1) is 73.0. The van der Waals surface area contributed by atoms with Crippen LogP contribution in [0.25, 0.3) is 111 Å². The number of benzene rings is 10. The molecule has 2 aromatic heterocycles. The van der Waals surface area contributed by atoms with Crippen molar-refractivity contribution in [1.82, 2.24) is 9.13 Å². The van der Waals surface area contributed by atoms with E-state index < -0.39 is 234 Å². The highest BCUT2D eigenvalue weighted by atomic mass is 19.4. The number of halogens is 30. The van der Waals surface area contributed by atoms with E-state index in [9.17, 15) is 137 Å². The van der Waals surface area contributed by atoms with E-state index in [1.165, 1.54) is 0 Å². The minimum atomic E-state index is -5.65. The molecule has 538 valence electrons. The summed E-state index contributed by atoms with van der Waals surface area (Å²) in [6.07, 6.45) is -55.3. The molecule has 10 aromatic carbocycles. The second-order valence-corrected chi connectivity index (χ2v) is 23.6. The number of alkyl halides is 30. The van der Waals surface area contributed by atoms with Crippen LogP contribution < -0.4 is 0 Å². The van der Waals surface area contributed by atoms with Crippen molar-refractivity contribution < 1.29 is 132 Å². The van der Waals surface area contributed by atoms with Gasteiger partial charge >= 0.3 is 61.8 Å². The van der Waals surface area contributed by atoms with Crippen molar-refractivity contribution in [2.45, 2.75) is 61.8 Å². The molecule has 0 fully saturated rings. The zero-order valence-electron chi connectivity index (χ0n) is 50.4. The molecule has 0 saturated heterocycles. The van der Waals surface area contributed by atoms with E-state index >= 15 is 0 Å². The monoisotopic (exact) mass is 1490 g/mol. The predicted molar refractivity (Wildman–Crippen MR) is 317 cm³/mol. The maximum atomic E-state index is 14.9. The molecule has 0 aliphatic rings. The Morgan fingerprint density at radius 2 is 0.346 bits per heavy atom. The summed E-state index contributed by atoms with van der Waals surface area (Å²) >= 11 is 0. The first-order chi connectivity index (χ1) is 47.7. The van der Waals surface area contributed by atoms with Crippen LogP contribution in [0.4, 0.5) is 132 Å². The van der Waals surface area contributed by atoms with E-state index in [1.54, 1.807) is 0 Å². The first-order valence-corrected chi connectivity index (χ1v) is 29.0. The minimum Gasteiger partial charge on any atom is -0.308 e. The fourth-order valence-electron chi connectivity index (χ4n) is 12.1. The Labute approximate surface area is 560 Å². The lowest BCUT2D eigenvalue weighted by Crippen LogP contribution is -2.11. The molecule has 0 saturated carbocycles. The molecule has 0 aliphatic carbocycles. The number of aromatic nitrogens is 2. The molecule has 104 heavy (non-hydrogen) atoms. The van der Waals surface area contributed by atoms with Crippen molar-refractivity contribution in [3.8, 4) is 73.1 Å². The van der Waals surface area contributed by atoms with Gasteiger partial charge in [-0.3, -0.25) is 0 Å². The summed E-state index contributed by atoms with van der Waals surface area (Å²) in [5.74, 6) is 0. The molecule has 0 radical (unpaired) electrons. The van der Waals surface area contributed by atoms with Crippen molar-refractivity contribution in [3.63, 3.8) is 0 Å². The largest absolute Gasteiger partial charge is 0.416 e. The van der Waals surface area contributed by atoms with Crippen molar-refractivity contribution in [1.29, 1.82) is 5.26 Å². The molecular weight excluding hydrogens is 1460 g/mol. The molecule has 12 rings (SSSR count). The molecule has 33 heteroatoms. The smallest absolute Gasteiger partial charge is 0.308 e. The summed E-state index contributed by atoms with van der Waals surface area (Å²) in [5, 5.41) is 9.83. The van der Waals surface area contributed by atoms with Gasteiger partial charge in [0, 0.05) is 21.5 Å². The summed E-state index contributed by atoms with van der Waals surface area (Å²) in [7, 11) is 0. The normalized spacial score (nSPS) is 13.5. The van der Waals surface area contributed by atoms with Gasteiger partial charge in [0.1, 0.15) is 11.6 Å². The molecule has 3 nitrogen and oxygen atoms in total. The van der Waals surface area contributed by atoms with Crippen molar-refractivity contribution >= 4 is 43.6 Å². The van der Waals surface area contributed by atoms with Gasteiger partial charge in [-0.1, -0.05) is 24.3 Å². The van der Waals surface area contributed by atoms with E-state index in [4.69, 9.17) is 0 Å². The summed E-state index contributed by atoms with van der Waals surface area (Å²) < 4.78 is 436. The zero-order chi connectivity index (χ0) is 76.3. The third-order valence-corrected chi connectivity index (χ3v) is 16.8. The molecule has 0 N–H and O–H groups in total. The lowest BCUT2D eigenvalue weighted by molar-refractivity contribution is -0.144. The van der Waals surface area contributed by atoms with Crippen LogP contribution >= 0.6 is 0 Å². The highest BCUT2D eigenvalue weighted by Gasteiger charge is 2.43. The van der Waals surface area contributed by atoms with Crippen LogP contribution in [0.5, 0.6) is 0 Å². The molecule has 0 aliphatic heterocycles. The van der Waals surface area contributed by atoms with Crippen LogP contribution in [-0.2, 0) is 61.8 Å². The van der Waals surface area contributed by atoms with Gasteiger partial charge in [0.2, 0.25) is 0 Å². The Morgan fingerprint density at radius 1 is 0.192 bits per heavy atom. The molecule has 12 aromatic rings. The van der Waals surface area contributed by atoms with E-state index in [2.05, 4.69) is 0 Å². The van der Waals surface area contributed by atoms with Crippen LogP contribution in [0, 0.1) is 11.3 Å². The average Bonchev–Trinajstić information content (AvgIpc) is 1.55. The van der Waals surface area contributed by atoms with E-state index in [-0.39, 0.29) is 91.0 Å². The van der Waals surface area contributed by atoms with Crippen molar-refractivity contribution in [2.75, 3.05) is 0 Å². The minimum absolute atomic E-state index is 0.155. The summed E-state index contributed by atoms with van der Waals surface area (Å²) in [6, 6.07) is 14.6. The van der Waals surface area contributed by atoms with E-state index in [1.807, 2.05) is 6.07 Å². The zero-order valence-corrected chi connectivity index (χ0v) is 50.4. The number of fused-ring (bicyclic) bond motifs is 6. The SMILES string of the molecule is N#Cc1c(-n2c3ccc(-c4cc(C(F)(F)F)cc(C(F)(F)F)c4)cc3c3cc(-c4cc(C(F)(F)F)cc(C(F)(F)F)c4)ccc32)cc(-c2cc(C(F)(F)F)cc(C(F)(F)F)c2)cc1-n1c2ccc(-c3cc(C(F)(F)F)cc(C(F)(F)F)c3)cc2c2cc(-c3cc(C(F)(F)F)cc(C(F)(F)F)c3)ccc21. The Balaban J connectivity index is 1.24. The lowest BCUT2D eigenvalue weighted by atomic mass is 9.96. The first-order valence-electron chi connectivity index (χ1n) is 29.0. The standard InChI is InChI=1S/C71H29F30N3/c72-62(73,74)41-9-35(10-42(25-41)63(75,76)77)31-1-5-56-51(19-31)52-20-32(36-11-43(64(78,79)80)26-44(12-36)65(81,82)83)2-6-57(52)103(56)60-23-40(39-17-49(70(96,97)98)29-50(18-39)71(99,100)101)24-61(55(60)30-102)104-58-7-3-33(37-13-45(66(84,85)86)27-46(14-37)67(87,88)89)21-53(58)54-22-34(4-8-59(54)104)38-15-47(68(90,91)92)28-48(16-38)69(93,94)95/h1-29H. The Kier molecular flexibility index (Phi) is 16.9. The number of nitrogens with zero attached hydrogens (tertiary/aromatic N) is 3. The molecular formula is C71H29F30N3. The second-order valence-electron chi connectivity index (χ2n) is 23.6. The van der Waals surface area contributed by atoms with E-state index in [0.29, 0.717) is 0 Å².